The van der Waals surface area contributed by atoms with Gasteiger partial charge in [0, 0.05) is 6.42 Å². The van der Waals surface area contributed by atoms with Crippen LogP contribution in [0.5, 0.6) is 0 Å². The lowest BCUT2D eigenvalue weighted by molar-refractivity contribution is 0.381. The molecule has 0 radical (unpaired) electrons. The zero-order valence-corrected chi connectivity index (χ0v) is 12.2. The van der Waals surface area contributed by atoms with Crippen molar-refractivity contribution in [1.82, 2.24) is 15.1 Å². The van der Waals surface area contributed by atoms with Crippen molar-refractivity contribution < 1.29 is 8.94 Å². The summed E-state index contributed by atoms with van der Waals surface area (Å²) in [5, 5.41) is 4.58. The second kappa shape index (κ2) is 5.66. The first-order valence-electron chi connectivity index (χ1n) is 6.50. The van der Waals surface area contributed by atoms with Gasteiger partial charge in [0.25, 0.3) is 5.22 Å². The average Bonchev–Trinajstić information content (AvgIpc) is 3.01. The molecule has 0 bridgehead atoms. The lowest BCUT2D eigenvalue weighted by Gasteiger charge is -1.95. The second-order valence-electron chi connectivity index (χ2n) is 4.94. The summed E-state index contributed by atoms with van der Waals surface area (Å²) in [6.45, 7) is 4.26. The van der Waals surface area contributed by atoms with Gasteiger partial charge in [-0.05, 0) is 18.1 Å². The van der Waals surface area contributed by atoms with Gasteiger partial charge in [-0.1, -0.05) is 42.9 Å². The van der Waals surface area contributed by atoms with E-state index in [0.29, 0.717) is 22.8 Å². The minimum absolute atomic E-state index is 0.519. The van der Waals surface area contributed by atoms with Crippen LogP contribution in [0.25, 0.3) is 11.1 Å². The van der Waals surface area contributed by atoms with Gasteiger partial charge in [-0.3, -0.25) is 0 Å². The molecule has 20 heavy (non-hydrogen) atoms. The number of nitrogens with zero attached hydrogens (tertiary/aromatic N) is 3. The van der Waals surface area contributed by atoms with E-state index in [9.17, 15) is 0 Å². The number of para-hydroxylation sites is 2. The zero-order valence-electron chi connectivity index (χ0n) is 11.4. The van der Waals surface area contributed by atoms with Gasteiger partial charge >= 0.3 is 0 Å². The van der Waals surface area contributed by atoms with Crippen molar-refractivity contribution in [3.8, 4) is 0 Å². The first-order valence-corrected chi connectivity index (χ1v) is 7.49. The van der Waals surface area contributed by atoms with Crippen molar-refractivity contribution in [1.29, 1.82) is 0 Å². The maximum absolute atomic E-state index is 5.62. The van der Waals surface area contributed by atoms with Crippen LogP contribution in [0.2, 0.25) is 0 Å². The number of thioether (sulfide) groups is 1. The highest BCUT2D eigenvalue weighted by atomic mass is 32.2. The van der Waals surface area contributed by atoms with E-state index < -0.39 is 0 Å². The SMILES string of the molecule is CC(C)Cc1noc(CSc2nc3ccccc3o2)n1. The zero-order chi connectivity index (χ0) is 13.9. The molecular formula is C14H15N3O2S. The van der Waals surface area contributed by atoms with Crippen LogP contribution in [0, 0.1) is 5.92 Å². The summed E-state index contributed by atoms with van der Waals surface area (Å²) >= 11 is 1.46. The molecule has 2 heterocycles. The van der Waals surface area contributed by atoms with E-state index >= 15 is 0 Å². The maximum Gasteiger partial charge on any atom is 0.257 e. The standard InChI is InChI=1S/C14H15N3O2S/c1-9(2)7-12-16-13(19-17-12)8-20-14-15-10-5-3-4-6-11(10)18-14/h3-6,9H,7-8H2,1-2H3. The van der Waals surface area contributed by atoms with Gasteiger partial charge in [0.2, 0.25) is 5.89 Å². The molecule has 0 aliphatic heterocycles. The van der Waals surface area contributed by atoms with Gasteiger partial charge in [-0.25, -0.2) is 4.98 Å². The number of hydrogen-bond donors (Lipinski definition) is 0. The van der Waals surface area contributed by atoms with Gasteiger partial charge in [-0.15, -0.1) is 0 Å². The monoisotopic (exact) mass is 289 g/mol. The Morgan fingerprint density at radius 1 is 1.20 bits per heavy atom. The van der Waals surface area contributed by atoms with E-state index in [0.717, 1.165) is 23.3 Å². The number of hydrogen-bond acceptors (Lipinski definition) is 6. The lowest BCUT2D eigenvalue weighted by Crippen LogP contribution is -1.96. The van der Waals surface area contributed by atoms with E-state index in [1.54, 1.807) is 0 Å². The molecule has 0 saturated carbocycles. The summed E-state index contributed by atoms with van der Waals surface area (Å²) in [5.74, 6) is 2.45. The minimum atomic E-state index is 0.519. The molecule has 0 aliphatic carbocycles. The van der Waals surface area contributed by atoms with Crippen LogP contribution in [-0.2, 0) is 12.2 Å². The van der Waals surface area contributed by atoms with E-state index in [1.165, 1.54) is 11.8 Å². The van der Waals surface area contributed by atoms with Gasteiger partial charge < -0.3 is 8.94 Å². The van der Waals surface area contributed by atoms with Gasteiger partial charge in [0.1, 0.15) is 5.52 Å². The van der Waals surface area contributed by atoms with Crippen LogP contribution in [-0.4, -0.2) is 15.1 Å². The van der Waals surface area contributed by atoms with Gasteiger partial charge in [-0.2, -0.15) is 4.98 Å². The predicted octanol–water partition coefficient (Wildman–Crippen LogP) is 3.70. The number of aromatic nitrogens is 3. The fourth-order valence-corrected chi connectivity index (χ4v) is 2.51. The summed E-state index contributed by atoms with van der Waals surface area (Å²) in [5.41, 5.74) is 1.65. The number of fused-ring (bicyclic) bond motifs is 1. The van der Waals surface area contributed by atoms with E-state index in [2.05, 4.69) is 29.0 Å². The fraction of sp³-hybridized carbons (Fsp3) is 0.357. The molecule has 0 saturated heterocycles. The third kappa shape index (κ3) is 3.01. The Morgan fingerprint density at radius 3 is 2.85 bits per heavy atom. The van der Waals surface area contributed by atoms with E-state index in [-0.39, 0.29) is 0 Å². The summed E-state index contributed by atoms with van der Waals surface area (Å²) in [6, 6.07) is 7.70. The van der Waals surface area contributed by atoms with Crippen LogP contribution < -0.4 is 0 Å². The molecule has 2 aromatic heterocycles. The van der Waals surface area contributed by atoms with Crippen LogP contribution in [0.4, 0.5) is 0 Å². The molecule has 6 heteroatoms. The average molecular weight is 289 g/mol. The van der Waals surface area contributed by atoms with Crippen LogP contribution in [0.15, 0.2) is 38.4 Å². The Hall–Kier alpha value is -1.82. The lowest BCUT2D eigenvalue weighted by atomic mass is 10.1. The largest absolute Gasteiger partial charge is 0.431 e. The normalized spacial score (nSPS) is 11.6. The molecule has 0 N–H and O–H groups in total. The highest BCUT2D eigenvalue weighted by molar-refractivity contribution is 7.98. The summed E-state index contributed by atoms with van der Waals surface area (Å²) < 4.78 is 10.8. The van der Waals surface area contributed by atoms with Crippen LogP contribution >= 0.6 is 11.8 Å². The first-order chi connectivity index (χ1) is 9.70. The minimum Gasteiger partial charge on any atom is -0.431 e. The van der Waals surface area contributed by atoms with E-state index in [4.69, 9.17) is 8.94 Å². The quantitative estimate of drug-likeness (QED) is 0.667. The molecule has 104 valence electrons. The van der Waals surface area contributed by atoms with Crippen molar-refractivity contribution in [3.05, 3.63) is 36.0 Å². The molecule has 0 unspecified atom stereocenters. The number of oxazole rings is 1. The molecule has 0 amide bonds. The second-order valence-corrected chi connectivity index (χ2v) is 5.87. The number of rotatable bonds is 5. The Balaban J connectivity index is 1.65. The first kappa shape index (κ1) is 13.2. The third-order valence-corrected chi connectivity index (χ3v) is 3.51. The van der Waals surface area contributed by atoms with Crippen LogP contribution in [0.1, 0.15) is 25.6 Å². The topological polar surface area (TPSA) is 65.0 Å². The molecule has 5 nitrogen and oxygen atoms in total. The summed E-state index contributed by atoms with van der Waals surface area (Å²) in [7, 11) is 0. The van der Waals surface area contributed by atoms with Crippen molar-refractivity contribution in [3.63, 3.8) is 0 Å². The summed E-state index contributed by atoms with van der Waals surface area (Å²) in [6.07, 6.45) is 0.830. The van der Waals surface area contributed by atoms with Crippen LogP contribution in [0.3, 0.4) is 0 Å². The molecule has 3 rings (SSSR count). The Bertz CT molecular complexity index is 672. The van der Waals surface area contributed by atoms with Crippen molar-refractivity contribution in [2.24, 2.45) is 5.92 Å². The van der Waals surface area contributed by atoms with Crippen molar-refractivity contribution in [2.45, 2.75) is 31.2 Å². The highest BCUT2D eigenvalue weighted by Gasteiger charge is 2.11. The molecule has 0 aliphatic rings. The van der Waals surface area contributed by atoms with Gasteiger partial charge in [0.05, 0.1) is 5.75 Å². The molecule has 3 aromatic rings. The fourth-order valence-electron chi connectivity index (χ4n) is 1.83. The predicted molar refractivity (Wildman–Crippen MR) is 76.4 cm³/mol. The van der Waals surface area contributed by atoms with E-state index in [1.807, 2.05) is 24.3 Å². The molecule has 1 aromatic carbocycles. The molecule has 0 fully saturated rings. The number of benzene rings is 1. The summed E-state index contributed by atoms with van der Waals surface area (Å²) in [4.78, 5) is 8.74. The Kier molecular flexibility index (Phi) is 3.73. The van der Waals surface area contributed by atoms with Gasteiger partial charge in [0.15, 0.2) is 11.4 Å². The van der Waals surface area contributed by atoms with Crippen molar-refractivity contribution >= 4 is 22.9 Å². The van der Waals surface area contributed by atoms with Crippen molar-refractivity contribution in [2.75, 3.05) is 0 Å². The Morgan fingerprint density at radius 2 is 2.05 bits per heavy atom. The molecule has 0 atom stereocenters. The highest BCUT2D eigenvalue weighted by Crippen LogP contribution is 2.25. The smallest absolute Gasteiger partial charge is 0.257 e. The molecular weight excluding hydrogens is 274 g/mol. The molecule has 0 spiro atoms. The maximum atomic E-state index is 5.62. The third-order valence-electron chi connectivity index (χ3n) is 2.69. The Labute approximate surface area is 120 Å².